The number of rotatable bonds is 7. The predicted molar refractivity (Wildman–Crippen MR) is 104 cm³/mol. The van der Waals surface area contributed by atoms with Crippen molar-refractivity contribution in [2.24, 2.45) is 0 Å². The van der Waals surface area contributed by atoms with Crippen LogP contribution in [0, 0.1) is 0 Å². The highest BCUT2D eigenvalue weighted by molar-refractivity contribution is 7.99. The van der Waals surface area contributed by atoms with E-state index in [4.69, 9.17) is 14.2 Å². The fourth-order valence-corrected chi connectivity index (χ4v) is 4.57. The van der Waals surface area contributed by atoms with Crippen LogP contribution in [0.25, 0.3) is 0 Å². The van der Waals surface area contributed by atoms with E-state index in [1.54, 1.807) is 0 Å². The van der Waals surface area contributed by atoms with Crippen LogP contribution in [0.1, 0.15) is 5.56 Å². The molecular weight excluding hydrogens is 420 g/mol. The zero-order chi connectivity index (χ0) is 21.8. The minimum Gasteiger partial charge on any atom is -0.394 e. The maximum atomic E-state index is 10.6. The molecule has 0 bridgehead atoms. The molecule has 1 aromatic rings. The summed E-state index contributed by atoms with van der Waals surface area (Å²) in [6.45, 7) is -1.19. The molecule has 2 heterocycles. The van der Waals surface area contributed by atoms with Crippen LogP contribution in [0.5, 0.6) is 0 Å². The summed E-state index contributed by atoms with van der Waals surface area (Å²) in [5.74, 6) is 0.506. The van der Waals surface area contributed by atoms with Crippen molar-refractivity contribution in [1.82, 2.24) is 0 Å². The van der Waals surface area contributed by atoms with Crippen LogP contribution in [-0.2, 0) is 20.0 Å². The van der Waals surface area contributed by atoms with Crippen molar-refractivity contribution in [3.63, 3.8) is 0 Å². The second-order valence-corrected chi connectivity index (χ2v) is 8.39. The molecule has 30 heavy (non-hydrogen) atoms. The number of aliphatic hydroxyl groups is 7. The lowest BCUT2D eigenvalue weighted by Crippen LogP contribution is -2.64. The van der Waals surface area contributed by atoms with Gasteiger partial charge in [0.2, 0.25) is 0 Å². The van der Waals surface area contributed by atoms with Gasteiger partial charge in [0.25, 0.3) is 0 Å². The van der Waals surface area contributed by atoms with Crippen LogP contribution in [0.2, 0.25) is 0 Å². The highest BCUT2D eigenvalue weighted by Gasteiger charge is 2.50. The molecule has 2 aliphatic heterocycles. The summed E-state index contributed by atoms with van der Waals surface area (Å²) in [4.78, 5) is 0. The van der Waals surface area contributed by atoms with Gasteiger partial charge in [0.15, 0.2) is 6.29 Å². The first-order valence-corrected chi connectivity index (χ1v) is 10.7. The molecule has 11 heteroatoms. The first-order valence-electron chi connectivity index (χ1n) is 9.61. The van der Waals surface area contributed by atoms with Crippen molar-refractivity contribution in [3.8, 4) is 0 Å². The number of aliphatic hydroxyl groups excluding tert-OH is 7. The molecule has 3 rings (SSSR count). The summed E-state index contributed by atoms with van der Waals surface area (Å²) in [5, 5.41) is 70.0. The van der Waals surface area contributed by atoms with Gasteiger partial charge in [-0.25, -0.2) is 0 Å². The average molecular weight is 448 g/mol. The highest BCUT2D eigenvalue weighted by atomic mass is 32.2. The first-order chi connectivity index (χ1) is 14.4. The standard InChI is InChI=1S/C19H28O10S/c20-6-10-12(22)13(23)15(25)18(27-10)29-17-11(7-21)28-19(16(26)14(17)24)30-8-9-4-2-1-3-5-9/h1-5,10-26H,6-8H2. The Morgan fingerprint density at radius 3 is 2.07 bits per heavy atom. The third-order valence-corrected chi connectivity index (χ3v) is 6.44. The van der Waals surface area contributed by atoms with E-state index in [0.29, 0.717) is 5.75 Å². The van der Waals surface area contributed by atoms with Gasteiger partial charge in [-0.15, -0.1) is 11.8 Å². The SMILES string of the molecule is OCC1OC(OC2C(CO)OC(SCc3ccccc3)C(O)C2O)C(O)C(O)C1O. The zero-order valence-corrected chi connectivity index (χ0v) is 16.9. The molecule has 2 fully saturated rings. The number of ether oxygens (including phenoxy) is 3. The largest absolute Gasteiger partial charge is 0.394 e. The highest BCUT2D eigenvalue weighted by Crippen LogP contribution is 2.33. The zero-order valence-electron chi connectivity index (χ0n) is 16.0. The molecule has 0 radical (unpaired) electrons. The van der Waals surface area contributed by atoms with Crippen molar-refractivity contribution in [2.45, 2.75) is 66.3 Å². The van der Waals surface area contributed by atoms with Crippen molar-refractivity contribution in [3.05, 3.63) is 35.9 Å². The lowest BCUT2D eigenvalue weighted by molar-refractivity contribution is -0.338. The quantitative estimate of drug-likeness (QED) is 0.236. The van der Waals surface area contributed by atoms with Gasteiger partial charge in [-0.3, -0.25) is 0 Å². The van der Waals surface area contributed by atoms with Crippen molar-refractivity contribution < 1.29 is 50.0 Å². The maximum absolute atomic E-state index is 10.6. The van der Waals surface area contributed by atoms with E-state index in [-0.39, 0.29) is 0 Å². The van der Waals surface area contributed by atoms with E-state index in [9.17, 15) is 35.7 Å². The normalized spacial score (nSPS) is 42.2. The molecule has 0 saturated carbocycles. The smallest absolute Gasteiger partial charge is 0.187 e. The van der Waals surface area contributed by atoms with E-state index in [2.05, 4.69) is 0 Å². The van der Waals surface area contributed by atoms with Gasteiger partial charge < -0.3 is 50.0 Å². The summed E-state index contributed by atoms with van der Waals surface area (Å²) in [7, 11) is 0. The molecule has 0 aliphatic carbocycles. The number of thioether (sulfide) groups is 1. The molecule has 10 unspecified atom stereocenters. The Kier molecular flexibility index (Phi) is 8.46. The Labute approximate surface area is 177 Å². The molecule has 1 aromatic carbocycles. The Balaban J connectivity index is 1.66. The minimum absolute atomic E-state index is 0.506. The molecule has 0 amide bonds. The molecule has 7 N–H and O–H groups in total. The van der Waals surface area contributed by atoms with Crippen LogP contribution in [-0.4, -0.2) is 110 Å². The van der Waals surface area contributed by atoms with Crippen LogP contribution >= 0.6 is 11.8 Å². The van der Waals surface area contributed by atoms with E-state index in [1.165, 1.54) is 11.8 Å². The summed E-state index contributed by atoms with van der Waals surface area (Å²) < 4.78 is 16.5. The Hall–Kier alpha value is -0.830. The fraction of sp³-hybridized carbons (Fsp3) is 0.684. The monoisotopic (exact) mass is 448 g/mol. The van der Waals surface area contributed by atoms with Crippen LogP contribution < -0.4 is 0 Å². The lowest BCUT2D eigenvalue weighted by Gasteiger charge is -2.46. The lowest BCUT2D eigenvalue weighted by atomic mass is 9.97. The first kappa shape index (κ1) is 23.8. The van der Waals surface area contributed by atoms with Crippen molar-refractivity contribution in [2.75, 3.05) is 13.2 Å². The number of hydrogen-bond acceptors (Lipinski definition) is 11. The number of benzene rings is 1. The van der Waals surface area contributed by atoms with Crippen molar-refractivity contribution in [1.29, 1.82) is 0 Å². The molecule has 2 aliphatic rings. The molecule has 0 aromatic heterocycles. The summed E-state index contributed by atoms with van der Waals surface area (Å²) in [6, 6.07) is 9.46. The average Bonchev–Trinajstić information content (AvgIpc) is 2.77. The van der Waals surface area contributed by atoms with Gasteiger partial charge in [-0.2, -0.15) is 0 Å². The second-order valence-electron chi connectivity index (χ2n) is 7.30. The minimum atomic E-state index is -1.68. The van der Waals surface area contributed by atoms with Gasteiger partial charge >= 0.3 is 0 Å². The van der Waals surface area contributed by atoms with E-state index in [0.717, 1.165) is 5.56 Å². The summed E-state index contributed by atoms with van der Waals surface area (Å²) in [5.41, 5.74) is 0.153. The van der Waals surface area contributed by atoms with Gasteiger partial charge in [0.1, 0.15) is 54.3 Å². The molecule has 170 valence electrons. The van der Waals surface area contributed by atoms with E-state index in [1.807, 2.05) is 30.3 Å². The Morgan fingerprint density at radius 2 is 1.43 bits per heavy atom. The molecule has 0 spiro atoms. The van der Waals surface area contributed by atoms with Gasteiger partial charge in [-0.1, -0.05) is 30.3 Å². The third-order valence-electron chi connectivity index (χ3n) is 5.22. The topological polar surface area (TPSA) is 169 Å². The maximum Gasteiger partial charge on any atom is 0.187 e. The fourth-order valence-electron chi connectivity index (χ4n) is 3.45. The van der Waals surface area contributed by atoms with Gasteiger partial charge in [-0.05, 0) is 5.56 Å². The molecule has 10 nitrogen and oxygen atoms in total. The molecule has 2 saturated heterocycles. The van der Waals surface area contributed by atoms with Crippen molar-refractivity contribution >= 4 is 11.8 Å². The Morgan fingerprint density at radius 1 is 0.767 bits per heavy atom. The Bertz CT molecular complexity index is 647. The molecular formula is C19H28O10S. The van der Waals surface area contributed by atoms with Gasteiger partial charge in [0.05, 0.1) is 13.2 Å². The summed E-state index contributed by atoms with van der Waals surface area (Å²) >= 11 is 1.25. The molecule has 10 atom stereocenters. The van der Waals surface area contributed by atoms with Crippen LogP contribution in [0.3, 0.4) is 0 Å². The third kappa shape index (κ3) is 5.14. The van der Waals surface area contributed by atoms with Crippen LogP contribution in [0.15, 0.2) is 30.3 Å². The second kappa shape index (κ2) is 10.7. The van der Waals surface area contributed by atoms with Gasteiger partial charge in [0, 0.05) is 5.75 Å². The summed E-state index contributed by atoms with van der Waals surface area (Å²) in [6.07, 6.45) is -12.8. The van der Waals surface area contributed by atoms with E-state index < -0.39 is 73.8 Å². The van der Waals surface area contributed by atoms with Crippen LogP contribution in [0.4, 0.5) is 0 Å². The van der Waals surface area contributed by atoms with E-state index >= 15 is 0 Å². The number of hydrogen-bond donors (Lipinski definition) is 7. The predicted octanol–water partition coefficient (Wildman–Crippen LogP) is -2.46.